The first kappa shape index (κ1) is 24.1. The summed E-state index contributed by atoms with van der Waals surface area (Å²) in [6.45, 7) is 5.09. The van der Waals surface area contributed by atoms with Crippen LogP contribution in [0.5, 0.6) is 0 Å². The van der Waals surface area contributed by atoms with Gasteiger partial charge in [0.15, 0.2) is 15.8 Å². The van der Waals surface area contributed by atoms with Crippen molar-refractivity contribution in [2.45, 2.75) is 37.6 Å². The molecule has 0 saturated carbocycles. The van der Waals surface area contributed by atoms with Crippen LogP contribution in [0.2, 0.25) is 0 Å². The van der Waals surface area contributed by atoms with Crippen LogP contribution in [0.3, 0.4) is 0 Å². The van der Waals surface area contributed by atoms with Gasteiger partial charge in [-0.2, -0.15) is 0 Å². The number of halogens is 1. The molecule has 0 aromatic heterocycles. The Hall–Kier alpha value is -0.870. The summed E-state index contributed by atoms with van der Waals surface area (Å²) in [7, 11) is -1.43. The molecular weight excluding hydrogens is 453 g/mol. The van der Waals surface area contributed by atoms with Crippen LogP contribution in [-0.2, 0) is 21.1 Å². The number of hydrogen-bond donors (Lipinski definition) is 2. The zero-order valence-electron chi connectivity index (χ0n) is 15.2. The third-order valence-corrected chi connectivity index (χ3v) is 4.56. The van der Waals surface area contributed by atoms with Gasteiger partial charge in [-0.15, -0.1) is 24.0 Å². The maximum Gasteiger partial charge on any atom is 0.191 e. The van der Waals surface area contributed by atoms with Gasteiger partial charge in [0.25, 0.3) is 0 Å². The summed E-state index contributed by atoms with van der Waals surface area (Å²) in [5.41, 5.74) is 0.994. The molecule has 0 atom stereocenters. The fourth-order valence-electron chi connectivity index (χ4n) is 1.99. The highest BCUT2D eigenvalue weighted by atomic mass is 127. The van der Waals surface area contributed by atoms with E-state index < -0.39 is 9.84 Å². The lowest BCUT2D eigenvalue weighted by Crippen LogP contribution is -2.37. The molecule has 0 bridgehead atoms. The minimum atomic E-state index is -3.15. The van der Waals surface area contributed by atoms with Gasteiger partial charge in [-0.05, 0) is 30.5 Å². The number of sulfone groups is 1. The average Bonchev–Trinajstić information content (AvgIpc) is 2.56. The second-order valence-electron chi connectivity index (χ2n) is 5.59. The minimum absolute atomic E-state index is 0. The maximum absolute atomic E-state index is 11.4. The minimum Gasteiger partial charge on any atom is -0.381 e. The molecule has 2 N–H and O–H groups in total. The molecule has 0 unspecified atom stereocenters. The van der Waals surface area contributed by atoms with Gasteiger partial charge in [-0.1, -0.05) is 25.5 Å². The molecule has 0 radical (unpaired) electrons. The summed E-state index contributed by atoms with van der Waals surface area (Å²) in [5.74, 6) is 0.718. The van der Waals surface area contributed by atoms with Crippen molar-refractivity contribution in [3.05, 3.63) is 29.8 Å². The highest BCUT2D eigenvalue weighted by Crippen LogP contribution is 2.10. The Morgan fingerprint density at radius 2 is 1.76 bits per heavy atom. The highest BCUT2D eigenvalue weighted by molar-refractivity contribution is 14.0. The van der Waals surface area contributed by atoms with Crippen LogP contribution in [0.25, 0.3) is 0 Å². The lowest BCUT2D eigenvalue weighted by molar-refractivity contribution is 0.129. The van der Waals surface area contributed by atoms with Crippen LogP contribution < -0.4 is 10.6 Å². The van der Waals surface area contributed by atoms with Gasteiger partial charge in [0, 0.05) is 39.6 Å². The lowest BCUT2D eigenvalue weighted by atomic mass is 10.2. The van der Waals surface area contributed by atoms with Gasteiger partial charge in [-0.25, -0.2) is 8.42 Å². The SMILES string of the molecule is CCCCOCCCNC(=NC)NCc1ccc(S(C)(=O)=O)cc1.I. The molecule has 0 amide bonds. The van der Waals surface area contributed by atoms with Crippen molar-refractivity contribution in [2.75, 3.05) is 33.1 Å². The van der Waals surface area contributed by atoms with E-state index in [0.29, 0.717) is 11.4 Å². The molecule has 1 aromatic carbocycles. The third kappa shape index (κ3) is 10.7. The molecule has 144 valence electrons. The molecule has 0 spiro atoms. The quantitative estimate of drug-likeness (QED) is 0.232. The van der Waals surface area contributed by atoms with Gasteiger partial charge in [0.05, 0.1) is 4.90 Å². The van der Waals surface area contributed by atoms with Crippen molar-refractivity contribution in [1.82, 2.24) is 10.6 Å². The summed E-state index contributed by atoms with van der Waals surface area (Å²) < 4.78 is 28.4. The fraction of sp³-hybridized carbons (Fsp3) is 0.588. The molecule has 25 heavy (non-hydrogen) atoms. The van der Waals surface area contributed by atoms with Crippen molar-refractivity contribution in [2.24, 2.45) is 4.99 Å². The van der Waals surface area contributed by atoms with Crippen LogP contribution in [0.4, 0.5) is 0 Å². The molecule has 1 rings (SSSR count). The Bertz CT molecular complexity index is 604. The van der Waals surface area contributed by atoms with E-state index in [9.17, 15) is 8.42 Å². The zero-order chi connectivity index (χ0) is 17.8. The number of ether oxygens (including phenoxy) is 1. The van der Waals surface area contributed by atoms with Crippen molar-refractivity contribution >= 4 is 39.8 Å². The number of unbranched alkanes of at least 4 members (excludes halogenated alkanes) is 1. The number of benzene rings is 1. The number of nitrogens with one attached hydrogen (secondary N) is 2. The number of rotatable bonds is 10. The number of guanidine groups is 1. The second-order valence-corrected chi connectivity index (χ2v) is 7.60. The molecule has 6 nitrogen and oxygen atoms in total. The van der Waals surface area contributed by atoms with Gasteiger partial charge >= 0.3 is 0 Å². The predicted molar refractivity (Wildman–Crippen MR) is 114 cm³/mol. The van der Waals surface area contributed by atoms with Crippen molar-refractivity contribution < 1.29 is 13.2 Å². The number of hydrogen-bond acceptors (Lipinski definition) is 4. The first-order valence-electron chi connectivity index (χ1n) is 8.28. The van der Waals surface area contributed by atoms with Crippen molar-refractivity contribution in [1.29, 1.82) is 0 Å². The first-order chi connectivity index (χ1) is 11.5. The predicted octanol–water partition coefficient (Wildman–Crippen LogP) is 2.58. The molecule has 8 heteroatoms. The second kappa shape index (κ2) is 13.3. The van der Waals surface area contributed by atoms with Crippen LogP contribution in [0.15, 0.2) is 34.2 Å². The smallest absolute Gasteiger partial charge is 0.191 e. The summed E-state index contributed by atoms with van der Waals surface area (Å²) in [4.78, 5) is 4.50. The molecule has 1 aromatic rings. The van der Waals surface area contributed by atoms with E-state index in [4.69, 9.17) is 4.74 Å². The number of nitrogens with zero attached hydrogens (tertiary/aromatic N) is 1. The van der Waals surface area contributed by atoms with Crippen molar-refractivity contribution in [3.63, 3.8) is 0 Å². The molecule has 0 aliphatic heterocycles. The maximum atomic E-state index is 11.4. The van der Waals surface area contributed by atoms with E-state index in [0.717, 1.165) is 50.5 Å². The molecular formula is C17H30IN3O3S. The lowest BCUT2D eigenvalue weighted by Gasteiger charge is -2.12. The van der Waals surface area contributed by atoms with Gasteiger partial charge < -0.3 is 15.4 Å². The van der Waals surface area contributed by atoms with Gasteiger partial charge in [0.1, 0.15) is 0 Å². The Labute approximate surface area is 168 Å². The zero-order valence-corrected chi connectivity index (χ0v) is 18.4. The van der Waals surface area contributed by atoms with E-state index in [1.165, 1.54) is 6.26 Å². The van der Waals surface area contributed by atoms with Gasteiger partial charge in [0.2, 0.25) is 0 Å². The molecule has 0 saturated heterocycles. The topological polar surface area (TPSA) is 79.8 Å². The molecule has 0 fully saturated rings. The Balaban J connectivity index is 0.00000576. The van der Waals surface area contributed by atoms with Crippen LogP contribution in [0.1, 0.15) is 31.7 Å². The summed E-state index contributed by atoms with van der Waals surface area (Å²) in [6.07, 6.45) is 4.39. The van der Waals surface area contributed by atoms with Gasteiger partial charge in [-0.3, -0.25) is 4.99 Å². The van der Waals surface area contributed by atoms with Crippen LogP contribution in [-0.4, -0.2) is 47.4 Å². The third-order valence-electron chi connectivity index (χ3n) is 3.44. The summed E-state index contributed by atoms with van der Waals surface area (Å²) in [5, 5.41) is 6.43. The van der Waals surface area contributed by atoms with E-state index in [1.54, 1.807) is 31.3 Å². The van der Waals surface area contributed by atoms with Crippen LogP contribution in [0, 0.1) is 0 Å². The molecule has 0 aliphatic carbocycles. The first-order valence-corrected chi connectivity index (χ1v) is 10.2. The summed E-state index contributed by atoms with van der Waals surface area (Å²) in [6, 6.07) is 6.85. The molecule has 0 heterocycles. The largest absolute Gasteiger partial charge is 0.381 e. The van der Waals surface area contributed by atoms with E-state index in [1.807, 2.05) is 0 Å². The monoisotopic (exact) mass is 483 g/mol. The van der Waals surface area contributed by atoms with Crippen LogP contribution >= 0.6 is 24.0 Å². The Kier molecular flexibility index (Phi) is 12.9. The number of aliphatic imine (C=N–C) groups is 1. The summed E-state index contributed by atoms with van der Waals surface area (Å²) >= 11 is 0. The Morgan fingerprint density at radius 3 is 2.32 bits per heavy atom. The van der Waals surface area contributed by atoms with Crippen molar-refractivity contribution in [3.8, 4) is 0 Å². The normalized spacial score (nSPS) is 11.7. The average molecular weight is 483 g/mol. The Morgan fingerprint density at radius 1 is 1.12 bits per heavy atom. The van der Waals surface area contributed by atoms with E-state index >= 15 is 0 Å². The standard InChI is InChI=1S/C17H29N3O3S.HI/c1-4-5-12-23-13-6-11-19-17(18-2)20-14-15-7-9-16(10-8-15)24(3,21)22;/h7-10H,4-6,11-14H2,1-3H3,(H2,18,19,20);1H. The van der Waals surface area contributed by atoms with E-state index in [-0.39, 0.29) is 24.0 Å². The van der Waals surface area contributed by atoms with E-state index in [2.05, 4.69) is 22.5 Å². The highest BCUT2D eigenvalue weighted by Gasteiger charge is 2.06. The fourth-order valence-corrected chi connectivity index (χ4v) is 2.62. The molecule has 0 aliphatic rings.